The molecule has 3 atom stereocenters. The van der Waals surface area contributed by atoms with E-state index < -0.39 is 4.92 Å². The summed E-state index contributed by atoms with van der Waals surface area (Å²) in [7, 11) is 0. The van der Waals surface area contributed by atoms with Crippen LogP contribution in [0.4, 0.5) is 21.5 Å². The van der Waals surface area contributed by atoms with E-state index in [9.17, 15) is 24.1 Å². The fraction of sp³-hybridized carbons (Fsp3) is 0.391. The maximum atomic E-state index is 13.3. The third-order valence-electron chi connectivity index (χ3n) is 6.24. The van der Waals surface area contributed by atoms with Gasteiger partial charge in [-0.3, -0.25) is 19.7 Å². The highest BCUT2D eigenvalue weighted by Gasteiger charge is 2.50. The van der Waals surface area contributed by atoms with Crippen LogP contribution >= 0.6 is 0 Å². The van der Waals surface area contributed by atoms with Gasteiger partial charge in [0.15, 0.2) is 0 Å². The van der Waals surface area contributed by atoms with Crippen molar-refractivity contribution in [2.24, 2.45) is 17.8 Å². The lowest BCUT2D eigenvalue weighted by atomic mass is 9.76. The molecule has 0 unspecified atom stereocenters. The van der Waals surface area contributed by atoms with Crippen LogP contribution in [0.3, 0.4) is 0 Å². The Morgan fingerprint density at radius 2 is 1.90 bits per heavy atom. The van der Waals surface area contributed by atoms with Crippen LogP contribution in [0.5, 0.6) is 0 Å². The zero-order chi connectivity index (χ0) is 22.1. The summed E-state index contributed by atoms with van der Waals surface area (Å²) < 4.78 is 13.3. The molecule has 1 heterocycles. The molecule has 162 valence electrons. The Morgan fingerprint density at radius 1 is 1.13 bits per heavy atom. The zero-order valence-corrected chi connectivity index (χ0v) is 17.2. The Labute approximate surface area is 179 Å². The van der Waals surface area contributed by atoms with E-state index in [2.05, 4.69) is 12.2 Å². The normalized spacial score (nSPS) is 23.0. The minimum atomic E-state index is -0.534. The smallest absolute Gasteiger partial charge is 0.294 e. The number of hydrogen-bond donors (Lipinski definition) is 1. The van der Waals surface area contributed by atoms with Crippen molar-refractivity contribution in [3.63, 3.8) is 0 Å². The second kappa shape index (κ2) is 8.45. The van der Waals surface area contributed by atoms with Crippen molar-refractivity contribution in [2.75, 3.05) is 16.8 Å². The molecule has 0 radical (unpaired) electrons. The van der Waals surface area contributed by atoms with E-state index in [1.54, 1.807) is 18.2 Å². The highest BCUT2D eigenvalue weighted by Crippen LogP contribution is 2.43. The molecule has 2 aromatic carbocycles. The van der Waals surface area contributed by atoms with E-state index in [1.807, 2.05) is 0 Å². The number of anilines is 2. The number of imide groups is 1. The Morgan fingerprint density at radius 3 is 2.65 bits per heavy atom. The Kier molecular flexibility index (Phi) is 5.71. The first kappa shape index (κ1) is 21.0. The van der Waals surface area contributed by atoms with Gasteiger partial charge in [0.1, 0.15) is 11.5 Å². The predicted molar refractivity (Wildman–Crippen MR) is 114 cm³/mol. The van der Waals surface area contributed by atoms with Crippen LogP contribution in [-0.4, -0.2) is 23.3 Å². The van der Waals surface area contributed by atoms with Gasteiger partial charge in [-0.25, -0.2) is 9.29 Å². The number of nitro groups is 1. The third kappa shape index (κ3) is 4.15. The topological polar surface area (TPSA) is 92.6 Å². The molecule has 1 saturated heterocycles. The fourth-order valence-electron chi connectivity index (χ4n) is 4.64. The van der Waals surface area contributed by atoms with E-state index in [-0.39, 0.29) is 46.5 Å². The Hall–Kier alpha value is -3.29. The van der Waals surface area contributed by atoms with Crippen LogP contribution < -0.4 is 10.2 Å². The van der Waals surface area contributed by atoms with Gasteiger partial charge in [0.2, 0.25) is 11.8 Å². The van der Waals surface area contributed by atoms with E-state index in [4.69, 9.17) is 0 Å². The summed E-state index contributed by atoms with van der Waals surface area (Å²) >= 11 is 0. The highest BCUT2D eigenvalue weighted by atomic mass is 19.1. The van der Waals surface area contributed by atoms with E-state index in [0.29, 0.717) is 31.7 Å². The summed E-state index contributed by atoms with van der Waals surface area (Å²) in [6, 6.07) is 10.5. The molecule has 0 spiro atoms. The molecular weight excluding hydrogens is 401 g/mol. The van der Waals surface area contributed by atoms with E-state index in [1.165, 1.54) is 24.3 Å². The van der Waals surface area contributed by atoms with Gasteiger partial charge in [-0.1, -0.05) is 19.1 Å². The van der Waals surface area contributed by atoms with Crippen molar-refractivity contribution in [1.82, 2.24) is 0 Å². The fourth-order valence-corrected chi connectivity index (χ4v) is 4.64. The molecule has 0 bridgehead atoms. The quantitative estimate of drug-likeness (QED) is 0.423. The van der Waals surface area contributed by atoms with Crippen LogP contribution in [0, 0.1) is 33.7 Å². The van der Waals surface area contributed by atoms with Crippen molar-refractivity contribution in [3.05, 3.63) is 64.0 Å². The number of carbonyl (C=O) groups is 2. The lowest BCUT2D eigenvalue weighted by Crippen LogP contribution is -2.31. The predicted octanol–water partition coefficient (Wildman–Crippen LogP) is 4.31. The maximum Gasteiger partial charge on any atom is 0.294 e. The van der Waals surface area contributed by atoms with Crippen molar-refractivity contribution in [2.45, 2.75) is 32.6 Å². The van der Waals surface area contributed by atoms with Crippen LogP contribution in [0.25, 0.3) is 0 Å². The first-order valence-corrected chi connectivity index (χ1v) is 10.5. The summed E-state index contributed by atoms with van der Waals surface area (Å²) in [6.07, 6.45) is 2.74. The van der Waals surface area contributed by atoms with Gasteiger partial charge < -0.3 is 5.32 Å². The zero-order valence-electron chi connectivity index (χ0n) is 17.2. The maximum absolute atomic E-state index is 13.3. The molecule has 7 nitrogen and oxygen atoms in total. The highest BCUT2D eigenvalue weighted by molar-refractivity contribution is 6.22. The van der Waals surface area contributed by atoms with Crippen LogP contribution in [-0.2, 0) is 16.0 Å². The van der Waals surface area contributed by atoms with Gasteiger partial charge in [0, 0.05) is 12.6 Å². The number of benzene rings is 2. The van der Waals surface area contributed by atoms with Crippen molar-refractivity contribution >= 4 is 28.9 Å². The molecule has 1 aliphatic carbocycles. The number of nitro benzene ring substituents is 1. The SMILES string of the molecule is C[C@@H]1CC[C@@H]2C(=O)N(c3ccc(NCCc4cccc(F)c4)c([N+](=O)[O-])c3)C(=O)[C@H]2C1. The van der Waals surface area contributed by atoms with Gasteiger partial charge in [0.05, 0.1) is 22.4 Å². The molecule has 2 aromatic rings. The molecule has 2 aliphatic rings. The number of fused-ring (bicyclic) bond motifs is 1. The second-order valence-corrected chi connectivity index (χ2v) is 8.41. The molecule has 1 aliphatic heterocycles. The Bertz CT molecular complexity index is 1040. The van der Waals surface area contributed by atoms with E-state index in [0.717, 1.165) is 16.9 Å². The van der Waals surface area contributed by atoms with Gasteiger partial charge in [0.25, 0.3) is 5.69 Å². The largest absolute Gasteiger partial charge is 0.379 e. The van der Waals surface area contributed by atoms with Crippen molar-refractivity contribution < 1.29 is 18.9 Å². The molecule has 31 heavy (non-hydrogen) atoms. The first-order chi connectivity index (χ1) is 14.8. The van der Waals surface area contributed by atoms with Gasteiger partial charge in [-0.2, -0.15) is 0 Å². The number of nitrogens with one attached hydrogen (secondary N) is 1. The number of hydrogen-bond acceptors (Lipinski definition) is 5. The second-order valence-electron chi connectivity index (χ2n) is 8.41. The summed E-state index contributed by atoms with van der Waals surface area (Å²) in [6.45, 7) is 2.44. The average molecular weight is 425 g/mol. The number of halogens is 1. The number of nitrogens with zero attached hydrogens (tertiary/aromatic N) is 2. The average Bonchev–Trinajstić information content (AvgIpc) is 2.98. The van der Waals surface area contributed by atoms with Crippen LogP contribution in [0.2, 0.25) is 0 Å². The monoisotopic (exact) mass is 425 g/mol. The van der Waals surface area contributed by atoms with Gasteiger partial charge in [-0.15, -0.1) is 0 Å². The molecule has 1 N–H and O–H groups in total. The number of amides is 2. The first-order valence-electron chi connectivity index (χ1n) is 10.5. The van der Waals surface area contributed by atoms with E-state index >= 15 is 0 Å². The van der Waals surface area contributed by atoms with Crippen molar-refractivity contribution in [3.8, 4) is 0 Å². The van der Waals surface area contributed by atoms with Gasteiger partial charge >= 0.3 is 0 Å². The molecule has 8 heteroatoms. The Balaban J connectivity index is 1.53. The molecule has 2 fully saturated rings. The van der Waals surface area contributed by atoms with Crippen LogP contribution in [0.1, 0.15) is 31.7 Å². The molecule has 2 amide bonds. The standard InChI is InChI=1S/C23H24FN3O4/c1-14-5-7-18-19(11-14)23(29)26(22(18)28)17-6-8-20(21(13-17)27(30)31)25-10-9-15-3-2-4-16(24)12-15/h2-4,6,8,12-14,18-19,25H,5,7,9-11H2,1H3/t14-,18+,19+/m1/s1. The number of carbonyl (C=O) groups excluding carboxylic acids is 2. The molecule has 1 saturated carbocycles. The lowest BCUT2D eigenvalue weighted by molar-refractivity contribution is -0.383. The van der Waals surface area contributed by atoms with Crippen LogP contribution in [0.15, 0.2) is 42.5 Å². The van der Waals surface area contributed by atoms with Crippen molar-refractivity contribution in [1.29, 1.82) is 0 Å². The summed E-state index contributed by atoms with van der Waals surface area (Å²) in [5, 5.41) is 14.7. The molecule has 4 rings (SSSR count). The van der Waals surface area contributed by atoms with Gasteiger partial charge in [-0.05, 0) is 61.4 Å². The summed E-state index contributed by atoms with van der Waals surface area (Å²) in [5.74, 6) is -1.13. The number of rotatable bonds is 6. The molecule has 0 aromatic heterocycles. The third-order valence-corrected chi connectivity index (χ3v) is 6.24. The molecular formula is C23H24FN3O4. The summed E-state index contributed by atoms with van der Waals surface area (Å²) in [5.41, 5.74) is 1.09. The lowest BCUT2D eigenvalue weighted by Gasteiger charge is -2.25. The minimum absolute atomic E-state index is 0.208. The minimum Gasteiger partial charge on any atom is -0.379 e. The summed E-state index contributed by atoms with van der Waals surface area (Å²) in [4.78, 5) is 38.0.